The van der Waals surface area contributed by atoms with Crippen molar-refractivity contribution in [3.05, 3.63) is 14.7 Å². The van der Waals surface area contributed by atoms with Gasteiger partial charge in [0.05, 0.1) is 8.68 Å². The molecule has 0 aromatic carbocycles. The fourth-order valence-corrected chi connectivity index (χ4v) is 5.03. The first-order valence-corrected chi connectivity index (χ1v) is 7.98. The van der Waals surface area contributed by atoms with Crippen molar-refractivity contribution in [2.45, 2.75) is 31.2 Å². The van der Waals surface area contributed by atoms with Crippen molar-refractivity contribution >= 4 is 37.3 Å². The fourth-order valence-electron chi connectivity index (χ4n) is 1.28. The first kappa shape index (κ1) is 14.1. The van der Waals surface area contributed by atoms with Crippen LogP contribution in [0.1, 0.15) is 18.2 Å². The molecule has 1 rings (SSSR count). The molecule has 1 aromatic rings. The first-order chi connectivity index (χ1) is 7.40. The van der Waals surface area contributed by atoms with Gasteiger partial charge in [-0.15, -0.1) is 11.3 Å². The molecule has 7 heteroatoms. The lowest BCUT2D eigenvalue weighted by Gasteiger charge is -2.14. The van der Waals surface area contributed by atoms with Crippen LogP contribution in [-0.2, 0) is 10.0 Å². The molecule has 0 saturated heterocycles. The maximum Gasteiger partial charge on any atom is 0.241 e. The van der Waals surface area contributed by atoms with Gasteiger partial charge in [-0.05, 0) is 35.3 Å². The maximum atomic E-state index is 12.0. The third-order valence-corrected chi connectivity index (χ3v) is 5.56. The largest absolute Gasteiger partial charge is 0.329 e. The van der Waals surface area contributed by atoms with Gasteiger partial charge >= 0.3 is 0 Å². The average molecular weight is 327 g/mol. The van der Waals surface area contributed by atoms with Crippen molar-refractivity contribution in [2.24, 2.45) is 5.73 Å². The molecule has 4 nitrogen and oxygen atoms in total. The Hall–Kier alpha value is 0.0500. The summed E-state index contributed by atoms with van der Waals surface area (Å²) in [6.45, 7) is 3.99. The van der Waals surface area contributed by atoms with Crippen LogP contribution in [0.15, 0.2) is 14.7 Å². The highest BCUT2D eigenvalue weighted by molar-refractivity contribution is 9.11. The van der Waals surface area contributed by atoms with Gasteiger partial charge in [0.1, 0.15) is 0 Å². The molecule has 0 saturated carbocycles. The van der Waals surface area contributed by atoms with Crippen molar-refractivity contribution in [1.82, 2.24) is 4.72 Å². The maximum absolute atomic E-state index is 12.0. The monoisotopic (exact) mass is 326 g/mol. The summed E-state index contributed by atoms with van der Waals surface area (Å²) in [6, 6.07) is 1.41. The number of halogens is 1. The van der Waals surface area contributed by atoms with Crippen LogP contribution in [0.4, 0.5) is 0 Å². The van der Waals surface area contributed by atoms with E-state index in [1.165, 1.54) is 11.3 Å². The number of sulfonamides is 1. The molecule has 1 aromatic heterocycles. The van der Waals surface area contributed by atoms with Gasteiger partial charge in [0.2, 0.25) is 10.0 Å². The lowest BCUT2D eigenvalue weighted by Crippen LogP contribution is -2.39. The van der Waals surface area contributed by atoms with E-state index in [0.29, 0.717) is 17.9 Å². The number of nitrogens with one attached hydrogen (secondary N) is 1. The van der Waals surface area contributed by atoms with Crippen LogP contribution in [0.3, 0.4) is 0 Å². The summed E-state index contributed by atoms with van der Waals surface area (Å²) in [5.41, 5.74) is 5.48. The van der Waals surface area contributed by atoms with Gasteiger partial charge in [-0.3, -0.25) is 0 Å². The minimum Gasteiger partial charge on any atom is -0.329 e. The molecule has 0 aliphatic heterocycles. The van der Waals surface area contributed by atoms with E-state index in [2.05, 4.69) is 20.7 Å². The molecule has 0 aliphatic rings. The van der Waals surface area contributed by atoms with E-state index in [9.17, 15) is 8.42 Å². The molecule has 16 heavy (non-hydrogen) atoms. The quantitative estimate of drug-likeness (QED) is 0.867. The third-order valence-electron chi connectivity index (χ3n) is 2.23. The Morgan fingerprint density at radius 2 is 2.25 bits per heavy atom. The van der Waals surface area contributed by atoms with Crippen LogP contribution in [0.5, 0.6) is 0 Å². The summed E-state index contributed by atoms with van der Waals surface area (Å²) in [5, 5.41) is 0. The van der Waals surface area contributed by atoms with Crippen LogP contribution >= 0.6 is 27.3 Å². The van der Waals surface area contributed by atoms with Gasteiger partial charge in [-0.2, -0.15) is 0 Å². The van der Waals surface area contributed by atoms with Crippen molar-refractivity contribution in [3.63, 3.8) is 0 Å². The second-order valence-corrected chi connectivity index (χ2v) is 7.75. The molecular weight excluding hydrogens is 312 g/mol. The van der Waals surface area contributed by atoms with Crippen LogP contribution in [-0.4, -0.2) is 21.0 Å². The summed E-state index contributed by atoms with van der Waals surface area (Å²) >= 11 is 4.68. The summed E-state index contributed by atoms with van der Waals surface area (Å²) in [4.78, 5) is 1.10. The number of hydrogen-bond acceptors (Lipinski definition) is 4. The number of thiophene rings is 1. The molecule has 0 aliphatic carbocycles. The van der Waals surface area contributed by atoms with Crippen molar-refractivity contribution in [1.29, 1.82) is 0 Å². The Morgan fingerprint density at radius 3 is 2.62 bits per heavy atom. The van der Waals surface area contributed by atoms with E-state index in [0.717, 1.165) is 8.66 Å². The SMILES string of the molecule is CCC(CN)NS(=O)(=O)c1cc(Br)sc1C. The van der Waals surface area contributed by atoms with Gasteiger partial charge in [0.15, 0.2) is 0 Å². The molecule has 3 N–H and O–H groups in total. The molecule has 0 spiro atoms. The lowest BCUT2D eigenvalue weighted by atomic mass is 10.2. The molecular formula is C9H15BrN2O2S2. The second kappa shape index (κ2) is 5.59. The Labute approximate surface area is 108 Å². The zero-order valence-electron chi connectivity index (χ0n) is 9.16. The fraction of sp³-hybridized carbons (Fsp3) is 0.556. The normalized spacial score (nSPS) is 14.0. The van der Waals surface area contributed by atoms with E-state index < -0.39 is 10.0 Å². The Kier molecular flexibility index (Phi) is 4.93. The van der Waals surface area contributed by atoms with Crippen LogP contribution in [0.25, 0.3) is 0 Å². The van der Waals surface area contributed by atoms with Gasteiger partial charge < -0.3 is 5.73 Å². The zero-order valence-corrected chi connectivity index (χ0v) is 12.4. The van der Waals surface area contributed by atoms with Gasteiger partial charge in [-0.25, -0.2) is 13.1 Å². The van der Waals surface area contributed by atoms with Crippen LogP contribution in [0.2, 0.25) is 0 Å². The topological polar surface area (TPSA) is 72.2 Å². The molecule has 0 amide bonds. The minimum atomic E-state index is -3.44. The smallest absolute Gasteiger partial charge is 0.241 e. The van der Waals surface area contributed by atoms with Crippen LogP contribution in [0, 0.1) is 6.92 Å². The van der Waals surface area contributed by atoms with Crippen molar-refractivity contribution in [2.75, 3.05) is 6.54 Å². The lowest BCUT2D eigenvalue weighted by molar-refractivity contribution is 0.542. The summed E-state index contributed by atoms with van der Waals surface area (Å²) < 4.78 is 27.4. The number of nitrogens with two attached hydrogens (primary N) is 1. The van der Waals surface area contributed by atoms with Gasteiger partial charge in [0, 0.05) is 17.5 Å². The molecule has 1 atom stereocenters. The highest BCUT2D eigenvalue weighted by atomic mass is 79.9. The number of aryl methyl sites for hydroxylation is 1. The summed E-state index contributed by atoms with van der Waals surface area (Å²) in [6.07, 6.45) is 0.681. The molecule has 92 valence electrons. The molecule has 0 bridgehead atoms. The van der Waals surface area contributed by atoms with E-state index in [1.54, 1.807) is 13.0 Å². The Bertz CT molecular complexity index is 452. The second-order valence-electron chi connectivity index (χ2n) is 3.43. The third kappa shape index (κ3) is 3.27. The predicted octanol–water partition coefficient (Wildman–Crippen LogP) is 1.83. The van der Waals surface area contributed by atoms with Gasteiger partial charge in [0.25, 0.3) is 0 Å². The standard InChI is InChI=1S/C9H15BrN2O2S2/c1-3-7(5-11)12-16(13,14)8-4-9(10)15-6(8)2/h4,7,12H,3,5,11H2,1-2H3. The Balaban J connectivity index is 2.98. The van der Waals surface area contributed by atoms with E-state index in [1.807, 2.05) is 6.92 Å². The first-order valence-electron chi connectivity index (χ1n) is 4.89. The van der Waals surface area contributed by atoms with E-state index in [4.69, 9.17) is 5.73 Å². The predicted molar refractivity (Wildman–Crippen MR) is 70.2 cm³/mol. The summed E-state index contributed by atoms with van der Waals surface area (Å²) in [7, 11) is -3.44. The Morgan fingerprint density at radius 1 is 1.62 bits per heavy atom. The average Bonchev–Trinajstić information content (AvgIpc) is 2.55. The summed E-state index contributed by atoms with van der Waals surface area (Å²) in [5.74, 6) is 0. The van der Waals surface area contributed by atoms with Crippen molar-refractivity contribution in [3.8, 4) is 0 Å². The van der Waals surface area contributed by atoms with Gasteiger partial charge in [-0.1, -0.05) is 6.92 Å². The molecule has 1 unspecified atom stereocenters. The minimum absolute atomic E-state index is 0.205. The van der Waals surface area contributed by atoms with Crippen molar-refractivity contribution < 1.29 is 8.42 Å². The highest BCUT2D eigenvalue weighted by Crippen LogP contribution is 2.29. The zero-order chi connectivity index (χ0) is 12.3. The van der Waals surface area contributed by atoms with Crippen LogP contribution < -0.4 is 10.5 Å². The highest BCUT2D eigenvalue weighted by Gasteiger charge is 2.21. The number of hydrogen-bond donors (Lipinski definition) is 2. The molecule has 0 fully saturated rings. The molecule has 1 heterocycles. The number of rotatable bonds is 5. The van der Waals surface area contributed by atoms with E-state index in [-0.39, 0.29) is 6.04 Å². The molecule has 0 radical (unpaired) electrons. The van der Waals surface area contributed by atoms with E-state index >= 15 is 0 Å².